The molecule has 5 heteroatoms. The Bertz CT molecular complexity index is 596. The van der Waals surface area contributed by atoms with Gasteiger partial charge in [0.05, 0.1) is 5.56 Å². The summed E-state index contributed by atoms with van der Waals surface area (Å²) in [6, 6.07) is 9.63. The Morgan fingerprint density at radius 3 is 2.70 bits per heavy atom. The maximum Gasteiger partial charge on any atom is 0.253 e. The van der Waals surface area contributed by atoms with Gasteiger partial charge in [-0.25, -0.2) is 9.37 Å². The average Bonchev–Trinajstić information content (AvgIpc) is 2.45. The zero-order chi connectivity index (χ0) is 14.5. The Labute approximate surface area is 117 Å². The van der Waals surface area contributed by atoms with Gasteiger partial charge in [0.2, 0.25) is 0 Å². The Morgan fingerprint density at radius 2 is 2.10 bits per heavy atom. The summed E-state index contributed by atoms with van der Waals surface area (Å²) < 4.78 is 13.0. The van der Waals surface area contributed by atoms with Gasteiger partial charge in [0.15, 0.2) is 0 Å². The van der Waals surface area contributed by atoms with Gasteiger partial charge in [-0.3, -0.25) is 4.79 Å². The summed E-state index contributed by atoms with van der Waals surface area (Å²) in [7, 11) is 3.76. The van der Waals surface area contributed by atoms with Gasteiger partial charge in [0.1, 0.15) is 11.6 Å². The van der Waals surface area contributed by atoms with E-state index in [-0.39, 0.29) is 18.3 Å². The van der Waals surface area contributed by atoms with Gasteiger partial charge < -0.3 is 10.2 Å². The van der Waals surface area contributed by atoms with Crippen molar-refractivity contribution in [2.24, 2.45) is 0 Å². The Morgan fingerprint density at radius 1 is 1.30 bits per heavy atom. The topological polar surface area (TPSA) is 45.2 Å². The highest BCUT2D eigenvalue weighted by Crippen LogP contribution is 2.08. The first-order valence-corrected chi connectivity index (χ1v) is 6.22. The van der Waals surface area contributed by atoms with E-state index in [9.17, 15) is 9.18 Å². The van der Waals surface area contributed by atoms with Crippen LogP contribution in [0.3, 0.4) is 0 Å². The minimum absolute atomic E-state index is 0.230. The van der Waals surface area contributed by atoms with Gasteiger partial charge in [-0.2, -0.15) is 0 Å². The number of pyridine rings is 1. The largest absolute Gasteiger partial charge is 0.363 e. The number of hydrogen-bond acceptors (Lipinski definition) is 3. The van der Waals surface area contributed by atoms with Gasteiger partial charge in [0, 0.05) is 26.8 Å². The van der Waals surface area contributed by atoms with Crippen LogP contribution in [-0.2, 0) is 6.54 Å². The predicted molar refractivity (Wildman–Crippen MR) is 76.1 cm³/mol. The number of aromatic nitrogens is 1. The van der Waals surface area contributed by atoms with Crippen LogP contribution in [0.15, 0.2) is 42.6 Å². The lowest BCUT2D eigenvalue weighted by Gasteiger charge is -2.11. The van der Waals surface area contributed by atoms with Gasteiger partial charge in [-0.15, -0.1) is 0 Å². The van der Waals surface area contributed by atoms with E-state index in [1.807, 2.05) is 19.0 Å². The molecular formula is C15H16FN3O. The minimum atomic E-state index is -0.311. The minimum Gasteiger partial charge on any atom is -0.363 e. The average molecular weight is 273 g/mol. The standard InChI is InChI=1S/C15H16FN3O/c1-19(2)14-7-6-12(10-17-14)15(20)18-9-11-4-3-5-13(16)8-11/h3-8,10H,9H2,1-2H3,(H,18,20). The van der Waals surface area contributed by atoms with E-state index in [4.69, 9.17) is 0 Å². The summed E-state index contributed by atoms with van der Waals surface area (Å²) in [6.45, 7) is 0.284. The Hall–Kier alpha value is -2.43. The van der Waals surface area contributed by atoms with Crippen molar-refractivity contribution in [2.45, 2.75) is 6.54 Å². The molecule has 0 saturated heterocycles. The number of amides is 1. The SMILES string of the molecule is CN(C)c1ccc(C(=O)NCc2cccc(F)c2)cn1. The summed E-state index contributed by atoms with van der Waals surface area (Å²) in [4.78, 5) is 18.0. The molecule has 1 aromatic heterocycles. The number of carbonyl (C=O) groups excluding carboxylic acids is 1. The third-order valence-electron chi connectivity index (χ3n) is 2.81. The smallest absolute Gasteiger partial charge is 0.253 e. The molecule has 2 rings (SSSR count). The van der Waals surface area contributed by atoms with E-state index in [1.54, 1.807) is 24.3 Å². The van der Waals surface area contributed by atoms with Gasteiger partial charge >= 0.3 is 0 Å². The number of rotatable bonds is 4. The van der Waals surface area contributed by atoms with E-state index in [0.29, 0.717) is 5.56 Å². The molecule has 0 aliphatic heterocycles. The highest BCUT2D eigenvalue weighted by Gasteiger charge is 2.06. The Kier molecular flexibility index (Phi) is 4.30. The van der Waals surface area contributed by atoms with E-state index in [1.165, 1.54) is 18.3 Å². The summed E-state index contributed by atoms with van der Waals surface area (Å²) in [5.74, 6) is 0.243. The number of nitrogens with zero attached hydrogens (tertiary/aromatic N) is 2. The molecule has 0 aliphatic carbocycles. The highest BCUT2D eigenvalue weighted by molar-refractivity contribution is 5.94. The zero-order valence-corrected chi connectivity index (χ0v) is 11.4. The number of hydrogen-bond donors (Lipinski definition) is 1. The van der Waals surface area contributed by atoms with Crippen LogP contribution in [0, 0.1) is 5.82 Å². The molecule has 1 heterocycles. The fourth-order valence-electron chi connectivity index (χ4n) is 1.72. The van der Waals surface area contributed by atoms with Crippen LogP contribution >= 0.6 is 0 Å². The molecule has 0 aliphatic rings. The van der Waals surface area contributed by atoms with Crippen molar-refractivity contribution in [3.63, 3.8) is 0 Å². The predicted octanol–water partition coefficient (Wildman–Crippen LogP) is 2.22. The molecule has 2 aromatic rings. The third-order valence-corrected chi connectivity index (χ3v) is 2.81. The molecule has 4 nitrogen and oxygen atoms in total. The van der Waals surface area contributed by atoms with Crippen LogP contribution in [0.4, 0.5) is 10.2 Å². The first-order chi connectivity index (χ1) is 9.56. The van der Waals surface area contributed by atoms with E-state index in [2.05, 4.69) is 10.3 Å². The van der Waals surface area contributed by atoms with Crippen molar-refractivity contribution in [1.82, 2.24) is 10.3 Å². The second kappa shape index (κ2) is 6.14. The summed E-state index contributed by atoms with van der Waals surface area (Å²) in [6.07, 6.45) is 1.52. The molecule has 0 saturated carbocycles. The normalized spacial score (nSPS) is 10.2. The zero-order valence-electron chi connectivity index (χ0n) is 11.4. The first kappa shape index (κ1) is 14.0. The van der Waals surface area contributed by atoms with Gasteiger partial charge in [-0.1, -0.05) is 12.1 Å². The Balaban J connectivity index is 1.98. The van der Waals surface area contributed by atoms with Crippen molar-refractivity contribution in [2.75, 3.05) is 19.0 Å². The molecule has 104 valence electrons. The van der Waals surface area contributed by atoms with Crippen molar-refractivity contribution in [3.05, 3.63) is 59.5 Å². The van der Waals surface area contributed by atoms with Crippen LogP contribution in [0.1, 0.15) is 15.9 Å². The van der Waals surface area contributed by atoms with Crippen molar-refractivity contribution >= 4 is 11.7 Å². The van der Waals surface area contributed by atoms with E-state index < -0.39 is 0 Å². The summed E-state index contributed by atoms with van der Waals surface area (Å²) in [5, 5.41) is 2.73. The lowest BCUT2D eigenvalue weighted by atomic mass is 10.2. The lowest BCUT2D eigenvalue weighted by Crippen LogP contribution is -2.23. The van der Waals surface area contributed by atoms with Crippen molar-refractivity contribution in [3.8, 4) is 0 Å². The van der Waals surface area contributed by atoms with Crippen LogP contribution in [0.25, 0.3) is 0 Å². The maximum absolute atomic E-state index is 13.0. The molecule has 0 bridgehead atoms. The summed E-state index contributed by atoms with van der Waals surface area (Å²) >= 11 is 0. The highest BCUT2D eigenvalue weighted by atomic mass is 19.1. The van der Waals surface area contributed by atoms with Crippen LogP contribution in [-0.4, -0.2) is 25.0 Å². The summed E-state index contributed by atoms with van der Waals surface area (Å²) in [5.41, 5.74) is 1.20. The van der Waals surface area contributed by atoms with E-state index >= 15 is 0 Å². The molecule has 0 fully saturated rings. The number of benzene rings is 1. The molecule has 1 aromatic carbocycles. The molecule has 1 N–H and O–H groups in total. The quantitative estimate of drug-likeness (QED) is 0.929. The van der Waals surface area contributed by atoms with Crippen molar-refractivity contribution < 1.29 is 9.18 Å². The molecule has 0 atom stereocenters. The molecular weight excluding hydrogens is 257 g/mol. The van der Waals surface area contributed by atoms with Crippen LogP contribution in [0.2, 0.25) is 0 Å². The fourth-order valence-corrected chi connectivity index (χ4v) is 1.72. The van der Waals surface area contributed by atoms with Gasteiger partial charge in [-0.05, 0) is 29.8 Å². The van der Waals surface area contributed by atoms with Crippen LogP contribution in [0.5, 0.6) is 0 Å². The molecule has 1 amide bonds. The first-order valence-electron chi connectivity index (χ1n) is 6.22. The molecule has 0 unspecified atom stereocenters. The third kappa shape index (κ3) is 3.54. The van der Waals surface area contributed by atoms with Crippen molar-refractivity contribution in [1.29, 1.82) is 0 Å². The fraction of sp³-hybridized carbons (Fsp3) is 0.200. The number of nitrogens with one attached hydrogen (secondary N) is 1. The molecule has 20 heavy (non-hydrogen) atoms. The monoisotopic (exact) mass is 273 g/mol. The maximum atomic E-state index is 13.0. The van der Waals surface area contributed by atoms with Gasteiger partial charge in [0.25, 0.3) is 5.91 Å². The second-order valence-corrected chi connectivity index (χ2v) is 4.61. The number of halogens is 1. The van der Waals surface area contributed by atoms with Crippen LogP contribution < -0.4 is 10.2 Å². The van der Waals surface area contributed by atoms with E-state index in [0.717, 1.165) is 11.4 Å². The molecule has 0 spiro atoms. The number of anilines is 1. The molecule has 0 radical (unpaired) electrons. The lowest BCUT2D eigenvalue weighted by molar-refractivity contribution is 0.0950. The number of carbonyl (C=O) groups is 1. The second-order valence-electron chi connectivity index (χ2n) is 4.61.